The van der Waals surface area contributed by atoms with Crippen molar-refractivity contribution in [3.05, 3.63) is 42.2 Å². The van der Waals surface area contributed by atoms with Gasteiger partial charge in [0.1, 0.15) is 0 Å². The van der Waals surface area contributed by atoms with Gasteiger partial charge in [0.25, 0.3) is 0 Å². The molecule has 0 atom stereocenters. The molecular weight excluding hydrogens is 300 g/mol. The lowest BCUT2D eigenvalue weighted by Gasteiger charge is -2.10. The Morgan fingerprint density at radius 2 is 2.05 bits per heavy atom. The van der Waals surface area contributed by atoms with E-state index in [1.807, 2.05) is 42.0 Å². The van der Waals surface area contributed by atoms with Gasteiger partial charge in [-0.2, -0.15) is 0 Å². The molecule has 2 N–H and O–H groups in total. The summed E-state index contributed by atoms with van der Waals surface area (Å²) in [6, 6.07) is 7.98. The normalized spacial score (nSPS) is 10.3. The molecule has 0 saturated heterocycles. The first kappa shape index (κ1) is 16.1. The molecular formula is C15H18N4O2S. The fourth-order valence-electron chi connectivity index (χ4n) is 1.86. The number of para-hydroxylation sites is 1. The number of hydrogen-bond acceptors (Lipinski definition) is 4. The molecule has 22 heavy (non-hydrogen) atoms. The van der Waals surface area contributed by atoms with E-state index in [0.29, 0.717) is 0 Å². The number of likely N-dealkylation sites (N-methyl/N-ethyl adjacent to an activating group) is 1. The lowest BCUT2D eigenvalue weighted by atomic mass is 10.2. The van der Waals surface area contributed by atoms with Gasteiger partial charge in [0.2, 0.25) is 11.8 Å². The summed E-state index contributed by atoms with van der Waals surface area (Å²) in [5.74, 6) is -0.215. The summed E-state index contributed by atoms with van der Waals surface area (Å²) in [6.45, 7) is 2.02. The Hall–Kier alpha value is -2.28. The van der Waals surface area contributed by atoms with Crippen LogP contribution < -0.4 is 10.6 Å². The monoisotopic (exact) mass is 318 g/mol. The zero-order valence-electron chi connectivity index (χ0n) is 12.5. The molecule has 0 radical (unpaired) electrons. The third-order valence-corrected chi connectivity index (χ3v) is 4.01. The van der Waals surface area contributed by atoms with Gasteiger partial charge in [-0.15, -0.1) is 0 Å². The van der Waals surface area contributed by atoms with E-state index in [0.717, 1.165) is 16.4 Å². The Balaban J connectivity index is 1.98. The molecule has 0 fully saturated rings. The largest absolute Gasteiger partial charge is 0.358 e. The minimum atomic E-state index is -0.222. The van der Waals surface area contributed by atoms with Crippen LogP contribution in [-0.4, -0.2) is 40.7 Å². The SMILES string of the molecule is CNC(=O)CNC(=O)CSc1nccn1-c1ccccc1C. The fourth-order valence-corrected chi connectivity index (χ4v) is 2.66. The van der Waals surface area contributed by atoms with Gasteiger partial charge in [0, 0.05) is 19.4 Å². The molecule has 2 aromatic rings. The molecule has 1 aromatic heterocycles. The molecule has 0 saturated carbocycles. The lowest BCUT2D eigenvalue weighted by Crippen LogP contribution is -2.36. The third kappa shape index (κ3) is 4.11. The van der Waals surface area contributed by atoms with E-state index in [4.69, 9.17) is 0 Å². The van der Waals surface area contributed by atoms with E-state index in [-0.39, 0.29) is 24.1 Å². The maximum absolute atomic E-state index is 11.7. The molecule has 0 aliphatic carbocycles. The first-order valence-corrected chi connectivity index (χ1v) is 7.80. The number of nitrogens with zero attached hydrogens (tertiary/aromatic N) is 2. The van der Waals surface area contributed by atoms with Crippen LogP contribution in [0.25, 0.3) is 5.69 Å². The van der Waals surface area contributed by atoms with Gasteiger partial charge in [-0.05, 0) is 18.6 Å². The van der Waals surface area contributed by atoms with Crippen LogP contribution in [0.15, 0.2) is 41.8 Å². The zero-order valence-corrected chi connectivity index (χ0v) is 13.3. The van der Waals surface area contributed by atoms with E-state index < -0.39 is 0 Å². The van der Waals surface area contributed by atoms with Gasteiger partial charge in [-0.1, -0.05) is 30.0 Å². The van der Waals surface area contributed by atoms with Crippen LogP contribution in [0.1, 0.15) is 5.56 Å². The first-order valence-electron chi connectivity index (χ1n) is 6.81. The van der Waals surface area contributed by atoms with Crippen LogP contribution in [0.3, 0.4) is 0 Å². The summed E-state index contributed by atoms with van der Waals surface area (Å²) < 4.78 is 1.95. The first-order chi connectivity index (χ1) is 10.6. The molecule has 0 unspecified atom stereocenters. The summed E-state index contributed by atoms with van der Waals surface area (Å²) in [4.78, 5) is 27.1. The van der Waals surface area contributed by atoms with Gasteiger partial charge in [-0.25, -0.2) is 4.98 Å². The molecule has 0 aliphatic rings. The number of thioether (sulfide) groups is 1. The Kier molecular flexibility index (Phi) is 5.60. The maximum Gasteiger partial charge on any atom is 0.239 e. The van der Waals surface area contributed by atoms with E-state index in [9.17, 15) is 9.59 Å². The van der Waals surface area contributed by atoms with E-state index >= 15 is 0 Å². The molecule has 7 heteroatoms. The zero-order chi connectivity index (χ0) is 15.9. The van der Waals surface area contributed by atoms with Crippen molar-refractivity contribution in [2.75, 3.05) is 19.3 Å². The smallest absolute Gasteiger partial charge is 0.239 e. The van der Waals surface area contributed by atoms with Crippen LogP contribution in [-0.2, 0) is 9.59 Å². The van der Waals surface area contributed by atoms with Crippen molar-refractivity contribution in [1.29, 1.82) is 0 Å². The summed E-state index contributed by atoms with van der Waals surface area (Å²) >= 11 is 1.33. The second-order valence-corrected chi connectivity index (χ2v) is 5.55. The van der Waals surface area contributed by atoms with Crippen molar-refractivity contribution >= 4 is 23.6 Å². The van der Waals surface area contributed by atoms with Gasteiger partial charge in [0.15, 0.2) is 5.16 Å². The Bertz CT molecular complexity index is 669. The number of amides is 2. The highest BCUT2D eigenvalue weighted by Gasteiger charge is 2.10. The predicted molar refractivity (Wildman–Crippen MR) is 86.1 cm³/mol. The summed E-state index contributed by atoms with van der Waals surface area (Å²) in [6.07, 6.45) is 3.57. The van der Waals surface area contributed by atoms with Crippen LogP contribution in [0.5, 0.6) is 0 Å². The highest BCUT2D eigenvalue weighted by atomic mass is 32.2. The minimum absolute atomic E-state index is 0.0118. The van der Waals surface area contributed by atoms with Gasteiger partial charge in [-0.3, -0.25) is 14.2 Å². The number of rotatable bonds is 6. The number of imidazole rings is 1. The van der Waals surface area contributed by atoms with Gasteiger partial charge < -0.3 is 10.6 Å². The molecule has 116 valence electrons. The summed E-state index contributed by atoms with van der Waals surface area (Å²) in [5.41, 5.74) is 2.17. The lowest BCUT2D eigenvalue weighted by molar-refractivity contribution is -0.124. The second-order valence-electron chi connectivity index (χ2n) is 4.60. The number of carbonyl (C=O) groups excluding carboxylic acids is 2. The number of nitrogens with one attached hydrogen (secondary N) is 2. The number of aromatic nitrogens is 2. The molecule has 1 aromatic carbocycles. The standard InChI is InChI=1S/C15H18N4O2S/c1-11-5-3-4-6-12(11)19-8-7-17-15(19)22-10-14(21)18-9-13(20)16-2/h3-8H,9-10H2,1-2H3,(H,16,20)(H,18,21). The summed E-state index contributed by atoms with van der Waals surface area (Å²) in [7, 11) is 1.53. The molecule has 6 nitrogen and oxygen atoms in total. The van der Waals surface area contributed by atoms with Crippen molar-refractivity contribution in [2.24, 2.45) is 0 Å². The molecule has 2 amide bonds. The van der Waals surface area contributed by atoms with Gasteiger partial charge in [0.05, 0.1) is 18.0 Å². The quantitative estimate of drug-likeness (QED) is 0.783. The fraction of sp³-hybridized carbons (Fsp3) is 0.267. The van der Waals surface area contributed by atoms with Crippen LogP contribution in [0.4, 0.5) is 0 Å². The molecule has 0 spiro atoms. The molecule has 0 aliphatic heterocycles. The highest BCUT2D eigenvalue weighted by Crippen LogP contribution is 2.22. The highest BCUT2D eigenvalue weighted by molar-refractivity contribution is 7.99. The number of hydrogen-bond donors (Lipinski definition) is 2. The van der Waals surface area contributed by atoms with Crippen molar-refractivity contribution in [3.63, 3.8) is 0 Å². The predicted octanol–water partition coefficient (Wildman–Crippen LogP) is 1.14. The molecule has 2 rings (SSSR count). The topological polar surface area (TPSA) is 76.0 Å². The third-order valence-electron chi connectivity index (χ3n) is 3.04. The van der Waals surface area contributed by atoms with E-state index in [2.05, 4.69) is 15.6 Å². The number of aryl methyl sites for hydroxylation is 1. The molecule has 0 bridgehead atoms. The summed E-state index contributed by atoms with van der Waals surface area (Å²) in [5, 5.41) is 5.75. The molecule has 1 heterocycles. The van der Waals surface area contributed by atoms with E-state index in [1.165, 1.54) is 18.8 Å². The maximum atomic E-state index is 11.7. The van der Waals surface area contributed by atoms with Crippen LogP contribution in [0.2, 0.25) is 0 Å². The minimum Gasteiger partial charge on any atom is -0.358 e. The van der Waals surface area contributed by atoms with Crippen LogP contribution >= 0.6 is 11.8 Å². The van der Waals surface area contributed by atoms with Crippen molar-refractivity contribution in [2.45, 2.75) is 12.1 Å². The van der Waals surface area contributed by atoms with Crippen molar-refractivity contribution in [1.82, 2.24) is 20.2 Å². The average Bonchev–Trinajstić information content (AvgIpc) is 2.99. The Labute approximate surface area is 133 Å². The average molecular weight is 318 g/mol. The Morgan fingerprint density at radius 3 is 2.77 bits per heavy atom. The number of benzene rings is 1. The van der Waals surface area contributed by atoms with E-state index in [1.54, 1.807) is 6.20 Å². The second kappa shape index (κ2) is 7.65. The van der Waals surface area contributed by atoms with Crippen molar-refractivity contribution in [3.8, 4) is 5.69 Å². The number of carbonyl (C=O) groups is 2. The van der Waals surface area contributed by atoms with Crippen LogP contribution in [0, 0.1) is 6.92 Å². The van der Waals surface area contributed by atoms with Gasteiger partial charge >= 0.3 is 0 Å². The Morgan fingerprint density at radius 1 is 1.27 bits per heavy atom. The van der Waals surface area contributed by atoms with Crippen molar-refractivity contribution < 1.29 is 9.59 Å².